The Labute approximate surface area is 120 Å². The third-order valence-electron chi connectivity index (χ3n) is 4.64. The Morgan fingerprint density at radius 1 is 1.42 bits per heavy atom. The molecule has 0 aliphatic carbocycles. The molecule has 0 bridgehead atoms. The molecule has 0 spiro atoms. The predicted molar refractivity (Wildman–Crippen MR) is 79.3 cm³/mol. The summed E-state index contributed by atoms with van der Waals surface area (Å²) in [6.45, 7) is 9.60. The molecule has 108 valence electrons. The zero-order valence-electron chi connectivity index (χ0n) is 12.2. The zero-order chi connectivity index (χ0) is 14.0. The standard InChI is InChI=1S/C14H25ClN4/c1-4-14(3,18-8-6-7-9-18)13(16)12-11(15)10-17-19(12)5-2/h10,13H,4-9,16H2,1-3H3. The molecule has 0 saturated carbocycles. The summed E-state index contributed by atoms with van der Waals surface area (Å²) in [7, 11) is 0. The van der Waals surface area contributed by atoms with Gasteiger partial charge in [0.1, 0.15) is 0 Å². The second-order valence-corrected chi connectivity index (χ2v) is 5.98. The summed E-state index contributed by atoms with van der Waals surface area (Å²) in [5, 5.41) is 5.00. The Balaban J connectivity index is 2.34. The van der Waals surface area contributed by atoms with E-state index >= 15 is 0 Å². The largest absolute Gasteiger partial charge is 0.321 e. The molecule has 4 nitrogen and oxygen atoms in total. The van der Waals surface area contributed by atoms with Gasteiger partial charge in [-0.3, -0.25) is 9.58 Å². The van der Waals surface area contributed by atoms with Crippen molar-refractivity contribution in [2.75, 3.05) is 13.1 Å². The molecule has 0 amide bonds. The molecule has 1 aliphatic rings. The molecule has 0 aromatic carbocycles. The van der Waals surface area contributed by atoms with E-state index in [4.69, 9.17) is 17.3 Å². The van der Waals surface area contributed by atoms with Gasteiger partial charge in [-0.05, 0) is 46.2 Å². The van der Waals surface area contributed by atoms with Gasteiger partial charge in [-0.2, -0.15) is 5.10 Å². The van der Waals surface area contributed by atoms with E-state index in [-0.39, 0.29) is 11.6 Å². The predicted octanol–water partition coefficient (Wildman–Crippen LogP) is 2.82. The molecule has 1 saturated heterocycles. The normalized spacial score (nSPS) is 21.5. The molecule has 1 fully saturated rings. The van der Waals surface area contributed by atoms with Crippen LogP contribution < -0.4 is 5.73 Å². The van der Waals surface area contributed by atoms with Crippen LogP contribution in [0.2, 0.25) is 5.02 Å². The fraction of sp³-hybridized carbons (Fsp3) is 0.786. The summed E-state index contributed by atoms with van der Waals surface area (Å²) in [6.07, 6.45) is 5.26. The molecule has 2 N–H and O–H groups in total. The first kappa shape index (κ1) is 14.8. The quantitative estimate of drug-likeness (QED) is 0.904. The lowest BCUT2D eigenvalue weighted by atomic mass is 9.86. The van der Waals surface area contributed by atoms with Crippen LogP contribution in [0.15, 0.2) is 6.20 Å². The summed E-state index contributed by atoms with van der Waals surface area (Å²) in [5.74, 6) is 0. The first-order chi connectivity index (χ1) is 9.04. The molecule has 0 radical (unpaired) electrons. The lowest BCUT2D eigenvalue weighted by Crippen LogP contribution is -2.52. The van der Waals surface area contributed by atoms with Crippen molar-refractivity contribution in [3.63, 3.8) is 0 Å². The summed E-state index contributed by atoms with van der Waals surface area (Å²) in [4.78, 5) is 2.51. The lowest BCUT2D eigenvalue weighted by molar-refractivity contribution is 0.0966. The number of hydrogen-bond acceptors (Lipinski definition) is 3. The fourth-order valence-corrected chi connectivity index (χ4v) is 3.35. The number of likely N-dealkylation sites (tertiary alicyclic amines) is 1. The number of hydrogen-bond donors (Lipinski definition) is 1. The van der Waals surface area contributed by atoms with Crippen molar-refractivity contribution < 1.29 is 0 Å². The Bertz CT molecular complexity index is 425. The average Bonchev–Trinajstić information content (AvgIpc) is 3.06. The molecular formula is C14H25ClN4. The topological polar surface area (TPSA) is 47.1 Å². The van der Waals surface area contributed by atoms with E-state index in [9.17, 15) is 0 Å². The summed E-state index contributed by atoms with van der Waals surface area (Å²) in [5.41, 5.74) is 7.52. The van der Waals surface area contributed by atoms with Crippen molar-refractivity contribution in [3.8, 4) is 0 Å². The van der Waals surface area contributed by atoms with Gasteiger partial charge in [-0.25, -0.2) is 0 Å². The molecule has 2 heterocycles. The molecule has 2 rings (SSSR count). The second kappa shape index (κ2) is 5.81. The van der Waals surface area contributed by atoms with E-state index in [0.717, 1.165) is 31.7 Å². The summed E-state index contributed by atoms with van der Waals surface area (Å²) in [6, 6.07) is -0.106. The number of halogens is 1. The smallest absolute Gasteiger partial charge is 0.0834 e. The molecule has 2 unspecified atom stereocenters. The highest BCUT2D eigenvalue weighted by Gasteiger charge is 2.40. The first-order valence-corrected chi connectivity index (χ1v) is 7.64. The Morgan fingerprint density at radius 2 is 2.05 bits per heavy atom. The molecule has 2 atom stereocenters. The van der Waals surface area contributed by atoms with Crippen molar-refractivity contribution in [2.45, 2.75) is 58.2 Å². The zero-order valence-corrected chi connectivity index (χ0v) is 13.0. The van der Waals surface area contributed by atoms with Crippen LogP contribution in [0.25, 0.3) is 0 Å². The van der Waals surface area contributed by atoms with E-state index in [0.29, 0.717) is 5.02 Å². The number of aryl methyl sites for hydroxylation is 1. The molecule has 1 aromatic heterocycles. The Hall–Kier alpha value is -0.580. The maximum absolute atomic E-state index is 6.60. The second-order valence-electron chi connectivity index (χ2n) is 5.58. The maximum Gasteiger partial charge on any atom is 0.0834 e. The highest BCUT2D eigenvalue weighted by atomic mass is 35.5. The van der Waals surface area contributed by atoms with Crippen LogP contribution in [0, 0.1) is 0 Å². The maximum atomic E-state index is 6.60. The fourth-order valence-electron chi connectivity index (χ4n) is 3.10. The van der Waals surface area contributed by atoms with E-state index in [1.807, 2.05) is 4.68 Å². The SMILES string of the molecule is CCn1ncc(Cl)c1C(N)C(C)(CC)N1CCCC1. The van der Waals surface area contributed by atoms with Crippen LogP contribution >= 0.6 is 11.6 Å². The van der Waals surface area contributed by atoms with E-state index in [2.05, 4.69) is 30.8 Å². The highest BCUT2D eigenvalue weighted by molar-refractivity contribution is 6.31. The van der Waals surface area contributed by atoms with Gasteiger partial charge in [0.05, 0.1) is 23.0 Å². The Morgan fingerprint density at radius 3 is 2.58 bits per heavy atom. The van der Waals surface area contributed by atoms with Gasteiger partial charge in [0.25, 0.3) is 0 Å². The third-order valence-corrected chi connectivity index (χ3v) is 4.93. The minimum atomic E-state index is -0.106. The van der Waals surface area contributed by atoms with Crippen molar-refractivity contribution in [1.29, 1.82) is 0 Å². The number of rotatable bonds is 5. The van der Waals surface area contributed by atoms with Crippen molar-refractivity contribution in [1.82, 2.24) is 14.7 Å². The van der Waals surface area contributed by atoms with Crippen LogP contribution in [-0.2, 0) is 6.54 Å². The summed E-state index contributed by atoms with van der Waals surface area (Å²) >= 11 is 6.31. The number of nitrogens with two attached hydrogens (primary N) is 1. The van der Waals surface area contributed by atoms with E-state index in [1.54, 1.807) is 6.20 Å². The van der Waals surface area contributed by atoms with Gasteiger partial charge in [-0.1, -0.05) is 18.5 Å². The number of aromatic nitrogens is 2. The van der Waals surface area contributed by atoms with Gasteiger partial charge in [0.2, 0.25) is 0 Å². The number of nitrogens with zero attached hydrogens (tertiary/aromatic N) is 3. The monoisotopic (exact) mass is 284 g/mol. The van der Waals surface area contributed by atoms with Crippen LogP contribution in [0.4, 0.5) is 0 Å². The summed E-state index contributed by atoms with van der Waals surface area (Å²) < 4.78 is 1.93. The van der Waals surface area contributed by atoms with Crippen LogP contribution in [-0.4, -0.2) is 33.3 Å². The van der Waals surface area contributed by atoms with Crippen LogP contribution in [0.5, 0.6) is 0 Å². The molecule has 5 heteroatoms. The first-order valence-electron chi connectivity index (χ1n) is 7.26. The molecule has 1 aromatic rings. The lowest BCUT2D eigenvalue weighted by Gasteiger charge is -2.43. The minimum absolute atomic E-state index is 0.0485. The average molecular weight is 285 g/mol. The van der Waals surface area contributed by atoms with Crippen molar-refractivity contribution in [3.05, 3.63) is 16.9 Å². The van der Waals surface area contributed by atoms with Crippen LogP contribution in [0.1, 0.15) is 51.8 Å². The van der Waals surface area contributed by atoms with Gasteiger partial charge < -0.3 is 5.73 Å². The Kier molecular flexibility index (Phi) is 4.54. The van der Waals surface area contributed by atoms with Crippen molar-refractivity contribution in [2.24, 2.45) is 5.73 Å². The van der Waals surface area contributed by atoms with Crippen LogP contribution in [0.3, 0.4) is 0 Å². The molecular weight excluding hydrogens is 260 g/mol. The van der Waals surface area contributed by atoms with Gasteiger partial charge in [0, 0.05) is 12.1 Å². The van der Waals surface area contributed by atoms with Gasteiger partial charge in [-0.15, -0.1) is 0 Å². The van der Waals surface area contributed by atoms with E-state index < -0.39 is 0 Å². The minimum Gasteiger partial charge on any atom is -0.321 e. The highest BCUT2D eigenvalue weighted by Crippen LogP contribution is 2.37. The van der Waals surface area contributed by atoms with Gasteiger partial charge >= 0.3 is 0 Å². The molecule has 19 heavy (non-hydrogen) atoms. The van der Waals surface area contributed by atoms with Gasteiger partial charge in [0.15, 0.2) is 0 Å². The third kappa shape index (κ3) is 2.54. The van der Waals surface area contributed by atoms with Crippen molar-refractivity contribution >= 4 is 11.6 Å². The van der Waals surface area contributed by atoms with E-state index in [1.165, 1.54) is 12.8 Å². The molecule has 1 aliphatic heterocycles.